The lowest BCUT2D eigenvalue weighted by Gasteiger charge is -2.20. The molecule has 1 fully saturated rings. The van der Waals surface area contributed by atoms with Crippen molar-refractivity contribution in [1.29, 1.82) is 0 Å². The zero-order chi connectivity index (χ0) is 16.4. The van der Waals surface area contributed by atoms with E-state index in [0.717, 1.165) is 25.8 Å². The number of nitrogens with zero attached hydrogens (tertiary/aromatic N) is 1. The first-order chi connectivity index (χ1) is 11.0. The third-order valence-corrected chi connectivity index (χ3v) is 4.72. The molecule has 0 saturated carbocycles. The Hall–Kier alpha value is -2.04. The third-order valence-electron chi connectivity index (χ3n) is 4.72. The van der Waals surface area contributed by atoms with Gasteiger partial charge >= 0.3 is 6.03 Å². The van der Waals surface area contributed by atoms with Gasteiger partial charge in [0.25, 0.3) is 0 Å². The molecule has 23 heavy (non-hydrogen) atoms. The average molecular weight is 315 g/mol. The number of rotatable bonds is 3. The van der Waals surface area contributed by atoms with Crippen LogP contribution < -0.4 is 10.6 Å². The summed E-state index contributed by atoms with van der Waals surface area (Å²) in [5, 5.41) is 6.08. The molecule has 5 nitrogen and oxygen atoms in total. The van der Waals surface area contributed by atoms with Gasteiger partial charge in [0.2, 0.25) is 5.91 Å². The zero-order valence-electron chi connectivity index (χ0n) is 13.8. The second-order valence-electron chi connectivity index (χ2n) is 6.92. The van der Waals surface area contributed by atoms with Gasteiger partial charge in [-0.3, -0.25) is 4.79 Å². The quantitative estimate of drug-likeness (QED) is 0.892. The van der Waals surface area contributed by atoms with Gasteiger partial charge < -0.3 is 15.5 Å². The number of amides is 3. The molecule has 3 amide bonds. The van der Waals surface area contributed by atoms with Gasteiger partial charge in [0.15, 0.2) is 0 Å². The molecule has 0 aromatic heterocycles. The van der Waals surface area contributed by atoms with Crippen molar-refractivity contribution in [2.24, 2.45) is 5.92 Å². The van der Waals surface area contributed by atoms with Gasteiger partial charge in [-0.1, -0.05) is 38.1 Å². The fourth-order valence-corrected chi connectivity index (χ4v) is 3.52. The minimum atomic E-state index is -0.119. The summed E-state index contributed by atoms with van der Waals surface area (Å²) in [5.41, 5.74) is 2.65. The van der Waals surface area contributed by atoms with E-state index in [-0.39, 0.29) is 29.9 Å². The van der Waals surface area contributed by atoms with Gasteiger partial charge in [-0.25, -0.2) is 4.79 Å². The second kappa shape index (κ2) is 6.60. The molecule has 0 radical (unpaired) electrons. The minimum absolute atomic E-state index is 0.0135. The van der Waals surface area contributed by atoms with E-state index in [9.17, 15) is 9.59 Å². The van der Waals surface area contributed by atoms with Crippen molar-refractivity contribution in [3.63, 3.8) is 0 Å². The fourth-order valence-electron chi connectivity index (χ4n) is 3.52. The van der Waals surface area contributed by atoms with Crippen LogP contribution >= 0.6 is 0 Å². The molecule has 1 atom stereocenters. The predicted octanol–water partition coefficient (Wildman–Crippen LogP) is 1.71. The molecule has 5 heteroatoms. The van der Waals surface area contributed by atoms with E-state index in [1.54, 1.807) is 0 Å². The van der Waals surface area contributed by atoms with Gasteiger partial charge in [0.1, 0.15) is 0 Å². The highest BCUT2D eigenvalue weighted by atomic mass is 16.2. The third kappa shape index (κ3) is 3.66. The number of fused-ring (bicyclic) bond motifs is 1. The Morgan fingerprint density at radius 2 is 1.70 bits per heavy atom. The van der Waals surface area contributed by atoms with Gasteiger partial charge in [-0.15, -0.1) is 0 Å². The molecule has 2 aliphatic rings. The summed E-state index contributed by atoms with van der Waals surface area (Å²) in [6, 6.07) is 8.44. The molecular formula is C18H25N3O2. The van der Waals surface area contributed by atoms with Crippen LogP contribution in [0.1, 0.15) is 31.4 Å². The van der Waals surface area contributed by atoms with E-state index in [2.05, 4.69) is 22.8 Å². The lowest BCUT2D eigenvalue weighted by Crippen LogP contribution is -2.47. The number of nitrogens with one attached hydrogen (secondary N) is 2. The van der Waals surface area contributed by atoms with E-state index in [0.29, 0.717) is 6.54 Å². The van der Waals surface area contributed by atoms with Gasteiger partial charge in [-0.2, -0.15) is 0 Å². The number of benzene rings is 1. The smallest absolute Gasteiger partial charge is 0.315 e. The lowest BCUT2D eigenvalue weighted by molar-refractivity contribution is -0.133. The Morgan fingerprint density at radius 3 is 2.30 bits per heavy atom. The number of hydrogen-bond acceptors (Lipinski definition) is 2. The van der Waals surface area contributed by atoms with Crippen LogP contribution in [0.25, 0.3) is 0 Å². The summed E-state index contributed by atoms with van der Waals surface area (Å²) in [7, 11) is 0. The predicted molar refractivity (Wildman–Crippen MR) is 89.1 cm³/mol. The molecule has 1 aliphatic heterocycles. The molecule has 124 valence electrons. The van der Waals surface area contributed by atoms with Crippen LogP contribution in [0.2, 0.25) is 0 Å². The molecule has 0 bridgehead atoms. The van der Waals surface area contributed by atoms with E-state index >= 15 is 0 Å². The Balaban J connectivity index is 1.45. The molecule has 1 aromatic rings. The average Bonchev–Trinajstić information content (AvgIpc) is 3.12. The topological polar surface area (TPSA) is 61.4 Å². The maximum absolute atomic E-state index is 12.2. The number of urea groups is 1. The van der Waals surface area contributed by atoms with Crippen LogP contribution in [0.15, 0.2) is 24.3 Å². The zero-order valence-corrected chi connectivity index (χ0v) is 13.8. The Morgan fingerprint density at radius 1 is 1.09 bits per heavy atom. The molecule has 1 saturated heterocycles. The van der Waals surface area contributed by atoms with Crippen molar-refractivity contribution in [3.8, 4) is 0 Å². The molecule has 2 N–H and O–H groups in total. The molecule has 0 spiro atoms. The van der Waals surface area contributed by atoms with Crippen LogP contribution in [0, 0.1) is 5.92 Å². The SMILES string of the molecule is CC(C)C(=O)N1CC[C@H](NC(=O)NC2Cc3ccccc3C2)C1. The van der Waals surface area contributed by atoms with Crippen molar-refractivity contribution < 1.29 is 9.59 Å². The minimum Gasteiger partial charge on any atom is -0.340 e. The van der Waals surface area contributed by atoms with Crippen LogP contribution in [0.5, 0.6) is 0 Å². The van der Waals surface area contributed by atoms with Crippen molar-refractivity contribution in [1.82, 2.24) is 15.5 Å². The number of hydrogen-bond donors (Lipinski definition) is 2. The first-order valence-corrected chi connectivity index (χ1v) is 8.45. The Labute approximate surface area is 137 Å². The maximum Gasteiger partial charge on any atom is 0.315 e. The van der Waals surface area contributed by atoms with Crippen molar-refractivity contribution >= 4 is 11.9 Å². The summed E-state index contributed by atoms with van der Waals surface area (Å²) in [4.78, 5) is 26.0. The van der Waals surface area contributed by atoms with Crippen LogP contribution in [0.3, 0.4) is 0 Å². The fraction of sp³-hybridized carbons (Fsp3) is 0.556. The van der Waals surface area contributed by atoms with Crippen molar-refractivity contribution in [2.45, 2.75) is 45.2 Å². The summed E-state index contributed by atoms with van der Waals surface area (Å²) in [5.74, 6) is 0.181. The largest absolute Gasteiger partial charge is 0.340 e. The number of carbonyl (C=O) groups excluding carboxylic acids is 2. The Bertz CT molecular complexity index is 575. The second-order valence-corrected chi connectivity index (χ2v) is 6.92. The molecule has 3 rings (SSSR count). The van der Waals surface area contributed by atoms with E-state index in [1.807, 2.05) is 30.9 Å². The molecular weight excluding hydrogens is 290 g/mol. The normalized spacial score (nSPS) is 20.7. The van der Waals surface area contributed by atoms with Crippen molar-refractivity contribution in [2.75, 3.05) is 13.1 Å². The van der Waals surface area contributed by atoms with Gasteiger partial charge in [-0.05, 0) is 30.4 Å². The monoisotopic (exact) mass is 315 g/mol. The highest BCUT2D eigenvalue weighted by molar-refractivity contribution is 5.79. The molecule has 1 aliphatic carbocycles. The molecule has 1 aromatic carbocycles. The van der Waals surface area contributed by atoms with E-state index < -0.39 is 0 Å². The Kier molecular flexibility index (Phi) is 4.55. The van der Waals surface area contributed by atoms with Crippen LogP contribution in [-0.4, -0.2) is 42.0 Å². The lowest BCUT2D eigenvalue weighted by atomic mass is 10.1. The summed E-state index contributed by atoms with van der Waals surface area (Å²) in [6.07, 6.45) is 2.62. The van der Waals surface area contributed by atoms with Gasteiger partial charge in [0, 0.05) is 31.1 Å². The summed E-state index contributed by atoms with van der Waals surface area (Å²) >= 11 is 0. The summed E-state index contributed by atoms with van der Waals surface area (Å²) in [6.45, 7) is 5.17. The number of carbonyl (C=O) groups is 2. The van der Waals surface area contributed by atoms with Gasteiger partial charge in [0.05, 0.1) is 0 Å². The van der Waals surface area contributed by atoms with Crippen LogP contribution in [0.4, 0.5) is 4.79 Å². The molecule has 1 heterocycles. The first-order valence-electron chi connectivity index (χ1n) is 8.45. The van der Waals surface area contributed by atoms with Crippen LogP contribution in [-0.2, 0) is 17.6 Å². The highest BCUT2D eigenvalue weighted by Crippen LogP contribution is 2.21. The standard InChI is InChI=1S/C18H25N3O2/c1-12(2)17(22)21-8-7-15(11-21)19-18(23)20-16-9-13-5-3-4-6-14(13)10-16/h3-6,12,15-16H,7-11H2,1-2H3,(H2,19,20,23)/t15-/m0/s1. The van der Waals surface area contributed by atoms with E-state index in [1.165, 1.54) is 11.1 Å². The molecule has 0 unspecified atom stereocenters. The van der Waals surface area contributed by atoms with Crippen molar-refractivity contribution in [3.05, 3.63) is 35.4 Å². The highest BCUT2D eigenvalue weighted by Gasteiger charge is 2.29. The van der Waals surface area contributed by atoms with E-state index in [4.69, 9.17) is 0 Å². The first kappa shape index (κ1) is 15.8. The number of likely N-dealkylation sites (tertiary alicyclic amines) is 1. The maximum atomic E-state index is 12.2. The summed E-state index contributed by atoms with van der Waals surface area (Å²) < 4.78 is 0.